The zero-order chi connectivity index (χ0) is 8.72. The molecule has 2 aliphatic rings. The molecule has 2 fully saturated rings. The summed E-state index contributed by atoms with van der Waals surface area (Å²) in [4.78, 5) is 11.1. The largest absolute Gasteiger partial charge is 0.456 e. The first-order valence-electron chi connectivity index (χ1n) is 4.20. The minimum atomic E-state index is -0.295. The Labute approximate surface area is 71.3 Å². The Bertz CT molecular complexity index is 234. The Morgan fingerprint density at radius 2 is 2.33 bits per heavy atom. The number of ether oxygens (including phenoxy) is 2. The van der Waals surface area contributed by atoms with Crippen LogP contribution in [0.4, 0.5) is 0 Å². The second-order valence-electron chi connectivity index (χ2n) is 3.44. The van der Waals surface area contributed by atoms with Gasteiger partial charge in [0.15, 0.2) is 0 Å². The average molecular weight is 168 g/mol. The van der Waals surface area contributed by atoms with Crippen molar-refractivity contribution in [3.8, 4) is 0 Å². The molecule has 0 spiro atoms. The molecule has 1 aliphatic carbocycles. The number of hydrogen-bond acceptors (Lipinski definition) is 3. The summed E-state index contributed by atoms with van der Waals surface area (Å²) in [5, 5.41) is 0. The maximum Gasteiger partial charge on any atom is 0.333 e. The molecule has 0 radical (unpaired) electrons. The molecule has 66 valence electrons. The predicted molar refractivity (Wildman–Crippen MR) is 42.6 cm³/mol. The number of carbonyl (C=O) groups excluding carboxylic acids is 1. The van der Waals surface area contributed by atoms with Gasteiger partial charge in [0.2, 0.25) is 0 Å². The van der Waals surface area contributed by atoms with E-state index in [9.17, 15) is 4.79 Å². The van der Waals surface area contributed by atoms with E-state index in [2.05, 4.69) is 6.58 Å². The summed E-state index contributed by atoms with van der Waals surface area (Å²) in [7, 11) is 0. The smallest absolute Gasteiger partial charge is 0.333 e. The molecule has 2 rings (SSSR count). The van der Waals surface area contributed by atoms with Gasteiger partial charge in [0.25, 0.3) is 0 Å². The van der Waals surface area contributed by atoms with Crippen LogP contribution < -0.4 is 0 Å². The van der Waals surface area contributed by atoms with Gasteiger partial charge in [-0.15, -0.1) is 0 Å². The quantitative estimate of drug-likeness (QED) is 0.351. The van der Waals surface area contributed by atoms with Gasteiger partial charge in [0.05, 0.1) is 6.10 Å². The van der Waals surface area contributed by atoms with Crippen molar-refractivity contribution in [3.05, 3.63) is 12.2 Å². The van der Waals surface area contributed by atoms with Crippen molar-refractivity contribution in [1.82, 2.24) is 0 Å². The van der Waals surface area contributed by atoms with E-state index < -0.39 is 0 Å². The van der Waals surface area contributed by atoms with E-state index in [0.717, 1.165) is 12.8 Å². The first-order chi connectivity index (χ1) is 5.68. The van der Waals surface area contributed by atoms with Crippen LogP contribution in [0.15, 0.2) is 12.2 Å². The van der Waals surface area contributed by atoms with Crippen molar-refractivity contribution < 1.29 is 14.3 Å². The topological polar surface area (TPSA) is 38.8 Å². The van der Waals surface area contributed by atoms with Gasteiger partial charge in [-0.3, -0.25) is 0 Å². The molecule has 0 bridgehead atoms. The zero-order valence-electron chi connectivity index (χ0n) is 7.08. The van der Waals surface area contributed by atoms with Gasteiger partial charge in [0.1, 0.15) is 12.2 Å². The fourth-order valence-corrected chi connectivity index (χ4v) is 1.57. The highest BCUT2D eigenvalue weighted by atomic mass is 16.6. The fraction of sp³-hybridized carbons (Fsp3) is 0.667. The van der Waals surface area contributed by atoms with Crippen molar-refractivity contribution in [1.29, 1.82) is 0 Å². The predicted octanol–water partition coefficient (Wildman–Crippen LogP) is 1.04. The van der Waals surface area contributed by atoms with Crippen LogP contribution in [0.1, 0.15) is 19.8 Å². The third-order valence-electron chi connectivity index (χ3n) is 2.33. The molecule has 1 saturated carbocycles. The van der Waals surface area contributed by atoms with Crippen molar-refractivity contribution >= 4 is 5.97 Å². The van der Waals surface area contributed by atoms with Gasteiger partial charge in [-0.25, -0.2) is 4.79 Å². The summed E-state index contributed by atoms with van der Waals surface area (Å²) >= 11 is 0. The molecular weight excluding hydrogens is 156 g/mol. The molecule has 0 aromatic heterocycles. The maximum atomic E-state index is 11.1. The Morgan fingerprint density at radius 1 is 1.58 bits per heavy atom. The minimum absolute atomic E-state index is 0.0146. The molecule has 1 heterocycles. The van der Waals surface area contributed by atoms with E-state index in [-0.39, 0.29) is 18.2 Å². The highest BCUT2D eigenvalue weighted by Crippen LogP contribution is 2.40. The van der Waals surface area contributed by atoms with Crippen LogP contribution in [0, 0.1) is 0 Å². The lowest BCUT2D eigenvalue weighted by Crippen LogP contribution is -2.21. The molecule has 0 N–H and O–H groups in total. The van der Waals surface area contributed by atoms with Gasteiger partial charge < -0.3 is 9.47 Å². The van der Waals surface area contributed by atoms with E-state index in [0.29, 0.717) is 11.7 Å². The van der Waals surface area contributed by atoms with Gasteiger partial charge in [0, 0.05) is 5.57 Å². The van der Waals surface area contributed by atoms with Crippen LogP contribution in [0.25, 0.3) is 0 Å². The number of fused-ring (bicyclic) bond motifs is 1. The SMILES string of the molecule is C=C(C)C(=O)OC1CCC2OC12. The second-order valence-corrected chi connectivity index (χ2v) is 3.44. The van der Waals surface area contributed by atoms with E-state index in [4.69, 9.17) is 9.47 Å². The standard InChI is InChI=1S/C9H12O3/c1-5(2)9(10)12-7-4-3-6-8(7)11-6/h6-8H,1,3-4H2,2H3. The fourth-order valence-electron chi connectivity index (χ4n) is 1.57. The summed E-state index contributed by atoms with van der Waals surface area (Å²) in [6.07, 6.45) is 2.51. The lowest BCUT2D eigenvalue weighted by Gasteiger charge is -2.11. The summed E-state index contributed by atoms with van der Waals surface area (Å²) in [6, 6.07) is 0. The molecule has 3 nitrogen and oxygen atoms in total. The van der Waals surface area contributed by atoms with Crippen LogP contribution in [0.5, 0.6) is 0 Å². The molecule has 0 aromatic carbocycles. The molecule has 0 amide bonds. The molecule has 1 aliphatic heterocycles. The van der Waals surface area contributed by atoms with E-state index >= 15 is 0 Å². The highest BCUT2D eigenvalue weighted by molar-refractivity contribution is 5.87. The van der Waals surface area contributed by atoms with Gasteiger partial charge >= 0.3 is 5.97 Å². The molecule has 1 saturated heterocycles. The number of hydrogen-bond donors (Lipinski definition) is 0. The minimum Gasteiger partial charge on any atom is -0.456 e. The number of epoxide rings is 1. The van der Waals surface area contributed by atoms with Crippen LogP contribution in [-0.4, -0.2) is 24.3 Å². The van der Waals surface area contributed by atoms with Gasteiger partial charge in [-0.2, -0.15) is 0 Å². The first-order valence-corrected chi connectivity index (χ1v) is 4.20. The van der Waals surface area contributed by atoms with Crippen LogP contribution in [0.2, 0.25) is 0 Å². The van der Waals surface area contributed by atoms with Crippen LogP contribution in [0.3, 0.4) is 0 Å². The number of rotatable bonds is 2. The Hall–Kier alpha value is -0.830. The molecule has 3 atom stereocenters. The van der Waals surface area contributed by atoms with Crippen LogP contribution in [-0.2, 0) is 14.3 Å². The number of carbonyl (C=O) groups is 1. The van der Waals surface area contributed by atoms with Crippen molar-refractivity contribution in [2.24, 2.45) is 0 Å². The van der Waals surface area contributed by atoms with Gasteiger partial charge in [-0.05, 0) is 19.8 Å². The average Bonchev–Trinajstić information content (AvgIpc) is 2.70. The number of esters is 1. The molecular formula is C9H12O3. The van der Waals surface area contributed by atoms with E-state index in [1.54, 1.807) is 6.92 Å². The second kappa shape index (κ2) is 2.59. The third kappa shape index (κ3) is 1.25. The Balaban J connectivity index is 1.86. The lowest BCUT2D eigenvalue weighted by molar-refractivity contribution is -0.145. The molecule has 0 aromatic rings. The van der Waals surface area contributed by atoms with Crippen molar-refractivity contribution in [3.63, 3.8) is 0 Å². The van der Waals surface area contributed by atoms with Crippen molar-refractivity contribution in [2.75, 3.05) is 0 Å². The van der Waals surface area contributed by atoms with Gasteiger partial charge in [-0.1, -0.05) is 6.58 Å². The first kappa shape index (κ1) is 7.80. The molecule has 12 heavy (non-hydrogen) atoms. The molecule has 3 unspecified atom stereocenters. The monoisotopic (exact) mass is 168 g/mol. The third-order valence-corrected chi connectivity index (χ3v) is 2.33. The summed E-state index contributed by atoms with van der Waals surface area (Å²) < 4.78 is 10.4. The Kier molecular flexibility index (Phi) is 1.68. The summed E-state index contributed by atoms with van der Waals surface area (Å²) in [5.41, 5.74) is 0.458. The Morgan fingerprint density at radius 3 is 2.75 bits per heavy atom. The van der Waals surface area contributed by atoms with E-state index in [1.165, 1.54) is 0 Å². The normalized spacial score (nSPS) is 37.2. The highest BCUT2D eigenvalue weighted by Gasteiger charge is 2.52. The summed E-state index contributed by atoms with van der Waals surface area (Å²) in [5.74, 6) is -0.295. The molecule has 3 heteroatoms. The lowest BCUT2D eigenvalue weighted by atomic mass is 10.3. The maximum absolute atomic E-state index is 11.1. The van der Waals surface area contributed by atoms with E-state index in [1.807, 2.05) is 0 Å². The van der Waals surface area contributed by atoms with Crippen LogP contribution >= 0.6 is 0 Å². The zero-order valence-corrected chi connectivity index (χ0v) is 7.08. The summed E-state index contributed by atoms with van der Waals surface area (Å²) in [6.45, 7) is 5.18. The van der Waals surface area contributed by atoms with Crippen molar-refractivity contribution in [2.45, 2.75) is 38.1 Å².